The van der Waals surface area contributed by atoms with Crippen LogP contribution in [0.2, 0.25) is 0 Å². The number of nitrogens with zero attached hydrogens (tertiary/aromatic N) is 4. The van der Waals surface area contributed by atoms with Crippen LogP contribution < -0.4 is 15.4 Å². The van der Waals surface area contributed by atoms with Crippen LogP contribution in [-0.4, -0.2) is 44.4 Å². The summed E-state index contributed by atoms with van der Waals surface area (Å²) in [6, 6.07) is 10.6. The zero-order valence-corrected chi connectivity index (χ0v) is 22.4. The molecule has 200 valence electrons. The van der Waals surface area contributed by atoms with Crippen molar-refractivity contribution in [1.82, 2.24) is 20.1 Å². The highest BCUT2D eigenvalue weighted by Crippen LogP contribution is 2.27. The largest absolute Gasteiger partial charge is 0.497 e. The summed E-state index contributed by atoms with van der Waals surface area (Å²) in [6.07, 6.45) is 1.69. The van der Waals surface area contributed by atoms with Crippen molar-refractivity contribution >= 4 is 35.0 Å². The van der Waals surface area contributed by atoms with Gasteiger partial charge in [0.05, 0.1) is 23.8 Å². The number of nitro benzene ring substituents is 1. The van der Waals surface area contributed by atoms with Gasteiger partial charge in [-0.1, -0.05) is 31.7 Å². The maximum absolute atomic E-state index is 13.0. The van der Waals surface area contributed by atoms with Crippen molar-refractivity contribution in [2.45, 2.75) is 38.5 Å². The molecule has 2 amide bonds. The maximum Gasteiger partial charge on any atom is 0.269 e. The predicted molar refractivity (Wildman–Crippen MR) is 145 cm³/mol. The minimum absolute atomic E-state index is 0.00350. The summed E-state index contributed by atoms with van der Waals surface area (Å²) in [5.41, 5.74) is 1.52. The third-order valence-corrected chi connectivity index (χ3v) is 6.63. The van der Waals surface area contributed by atoms with E-state index in [0.29, 0.717) is 40.1 Å². The third kappa shape index (κ3) is 6.97. The van der Waals surface area contributed by atoms with E-state index in [0.717, 1.165) is 0 Å². The van der Waals surface area contributed by atoms with Crippen LogP contribution in [0.25, 0.3) is 0 Å². The smallest absolute Gasteiger partial charge is 0.269 e. The topological polar surface area (TPSA) is 141 Å². The van der Waals surface area contributed by atoms with E-state index in [1.807, 2.05) is 18.4 Å². The normalized spacial score (nSPS) is 11.6. The van der Waals surface area contributed by atoms with Crippen molar-refractivity contribution < 1.29 is 19.2 Å². The molecule has 11 nitrogen and oxygen atoms in total. The number of allylic oxidation sites excluding steroid dienone is 1. The predicted octanol–water partition coefficient (Wildman–Crippen LogP) is 4.55. The molecule has 0 saturated carbocycles. The van der Waals surface area contributed by atoms with Crippen LogP contribution in [0.15, 0.2) is 60.3 Å². The fraction of sp³-hybridized carbons (Fsp3) is 0.308. The van der Waals surface area contributed by atoms with Crippen LogP contribution in [0, 0.1) is 23.0 Å². The Morgan fingerprint density at radius 3 is 2.50 bits per heavy atom. The third-order valence-electron chi connectivity index (χ3n) is 5.67. The van der Waals surface area contributed by atoms with Gasteiger partial charge in [0.1, 0.15) is 5.75 Å². The Hall–Kier alpha value is -4.19. The number of ether oxygens (including phenoxy) is 1. The van der Waals surface area contributed by atoms with Crippen molar-refractivity contribution in [3.63, 3.8) is 0 Å². The Morgan fingerprint density at radius 2 is 1.92 bits per heavy atom. The molecule has 0 aliphatic rings. The Morgan fingerprint density at radius 1 is 1.21 bits per heavy atom. The number of carbonyl (C=O) groups excluding carboxylic acids is 2. The van der Waals surface area contributed by atoms with E-state index in [2.05, 4.69) is 27.4 Å². The number of hydrogen-bond donors (Lipinski definition) is 2. The molecule has 2 aromatic carbocycles. The fourth-order valence-electron chi connectivity index (χ4n) is 3.65. The molecule has 1 atom stereocenters. The lowest BCUT2D eigenvalue weighted by Crippen LogP contribution is -2.33. The number of aryl methyl sites for hydroxylation is 1. The first-order chi connectivity index (χ1) is 18.1. The van der Waals surface area contributed by atoms with Crippen LogP contribution in [0.1, 0.15) is 41.6 Å². The van der Waals surface area contributed by atoms with Crippen LogP contribution in [-0.2, 0) is 11.3 Å². The zero-order valence-electron chi connectivity index (χ0n) is 21.6. The number of hydrogen-bond acceptors (Lipinski definition) is 8. The van der Waals surface area contributed by atoms with Crippen molar-refractivity contribution in [2.24, 2.45) is 5.92 Å². The monoisotopic (exact) mass is 538 g/mol. The van der Waals surface area contributed by atoms with Crippen LogP contribution in [0.3, 0.4) is 0 Å². The Bertz CT molecular complexity index is 1320. The minimum Gasteiger partial charge on any atom is -0.497 e. The first-order valence-electron chi connectivity index (χ1n) is 11.8. The zero-order chi connectivity index (χ0) is 27.8. The van der Waals surface area contributed by atoms with E-state index in [-0.39, 0.29) is 29.2 Å². The number of aromatic nitrogens is 3. The van der Waals surface area contributed by atoms with E-state index in [4.69, 9.17) is 4.74 Å². The highest BCUT2D eigenvalue weighted by molar-refractivity contribution is 7.99. The van der Waals surface area contributed by atoms with Crippen molar-refractivity contribution in [1.29, 1.82) is 0 Å². The molecule has 38 heavy (non-hydrogen) atoms. The molecular formula is C26H30N6O5S. The van der Waals surface area contributed by atoms with Gasteiger partial charge in [-0.25, -0.2) is 0 Å². The van der Waals surface area contributed by atoms with Gasteiger partial charge in [0.2, 0.25) is 5.91 Å². The molecule has 3 aromatic rings. The number of amides is 2. The number of non-ortho nitro benzene ring substituents is 1. The van der Waals surface area contributed by atoms with Crippen molar-refractivity contribution in [2.75, 3.05) is 18.2 Å². The SMILES string of the molecule is C=CCn1c(SCC(=O)Nc2ccc([N+](=O)[O-])cc2C)nnc1[C@@H](NC(=O)c1ccc(OC)cc1)C(C)C. The molecule has 1 aromatic heterocycles. The second-order valence-corrected chi connectivity index (χ2v) is 9.70. The van der Waals surface area contributed by atoms with Gasteiger partial charge in [0.15, 0.2) is 11.0 Å². The minimum atomic E-state index is -0.484. The molecular weight excluding hydrogens is 508 g/mol. The maximum atomic E-state index is 13.0. The van der Waals surface area contributed by atoms with E-state index in [9.17, 15) is 19.7 Å². The van der Waals surface area contributed by atoms with E-state index in [1.54, 1.807) is 44.4 Å². The molecule has 0 radical (unpaired) electrons. The number of carbonyl (C=O) groups is 2. The summed E-state index contributed by atoms with van der Waals surface area (Å²) in [7, 11) is 1.56. The number of benzene rings is 2. The standard InChI is InChI=1S/C26H30N6O5S/c1-6-13-31-24(23(16(2)3)28-25(34)18-7-10-20(37-5)11-8-18)29-30-26(31)38-15-22(33)27-21-12-9-19(32(35)36)14-17(21)4/h6-12,14,16,23H,1,13,15H2,2-5H3,(H,27,33)(H,28,34)/t23-/m0/s1. The second kappa shape index (κ2) is 12.9. The summed E-state index contributed by atoms with van der Waals surface area (Å²) in [5.74, 6) is 0.687. The quantitative estimate of drug-likeness (QED) is 0.148. The van der Waals surface area contributed by atoms with Gasteiger partial charge in [-0.2, -0.15) is 0 Å². The number of nitrogens with one attached hydrogen (secondary N) is 2. The van der Waals surface area contributed by atoms with Gasteiger partial charge in [0.25, 0.3) is 11.6 Å². The lowest BCUT2D eigenvalue weighted by molar-refractivity contribution is -0.384. The number of nitro groups is 1. The number of methoxy groups -OCH3 is 1. The molecule has 0 spiro atoms. The first kappa shape index (κ1) is 28.4. The molecule has 0 bridgehead atoms. The summed E-state index contributed by atoms with van der Waals surface area (Å²) < 4.78 is 6.98. The van der Waals surface area contributed by atoms with Gasteiger partial charge in [0, 0.05) is 29.9 Å². The van der Waals surface area contributed by atoms with Gasteiger partial charge >= 0.3 is 0 Å². The fourth-order valence-corrected chi connectivity index (χ4v) is 4.41. The Labute approximate surface area is 224 Å². The molecule has 12 heteroatoms. The number of thioether (sulfide) groups is 1. The Balaban J connectivity index is 1.73. The molecule has 0 fully saturated rings. The van der Waals surface area contributed by atoms with Crippen LogP contribution in [0.4, 0.5) is 11.4 Å². The van der Waals surface area contributed by atoms with E-state index < -0.39 is 11.0 Å². The summed E-state index contributed by atoms with van der Waals surface area (Å²) >= 11 is 1.19. The summed E-state index contributed by atoms with van der Waals surface area (Å²) in [5, 5.41) is 25.9. The molecule has 0 aliphatic carbocycles. The van der Waals surface area contributed by atoms with Gasteiger partial charge in [-0.3, -0.25) is 19.7 Å². The molecule has 2 N–H and O–H groups in total. The second-order valence-electron chi connectivity index (χ2n) is 8.76. The molecule has 0 unspecified atom stereocenters. The highest BCUT2D eigenvalue weighted by Gasteiger charge is 2.26. The number of anilines is 1. The molecule has 1 heterocycles. The average molecular weight is 539 g/mol. The lowest BCUT2D eigenvalue weighted by Gasteiger charge is -2.22. The summed E-state index contributed by atoms with van der Waals surface area (Å²) in [6.45, 7) is 9.83. The molecule has 0 saturated heterocycles. The summed E-state index contributed by atoms with van der Waals surface area (Å²) in [4.78, 5) is 36.0. The van der Waals surface area contributed by atoms with E-state index in [1.165, 1.54) is 30.0 Å². The van der Waals surface area contributed by atoms with Gasteiger partial charge < -0.3 is 19.9 Å². The van der Waals surface area contributed by atoms with Crippen molar-refractivity contribution in [3.05, 3.63) is 82.2 Å². The van der Waals surface area contributed by atoms with Crippen LogP contribution in [0.5, 0.6) is 5.75 Å². The Kier molecular flexibility index (Phi) is 9.61. The average Bonchev–Trinajstić information content (AvgIpc) is 3.29. The lowest BCUT2D eigenvalue weighted by atomic mass is 10.0. The van der Waals surface area contributed by atoms with Gasteiger partial charge in [-0.15, -0.1) is 16.8 Å². The number of rotatable bonds is 12. The highest BCUT2D eigenvalue weighted by atomic mass is 32.2. The first-order valence-corrected chi connectivity index (χ1v) is 12.8. The van der Waals surface area contributed by atoms with E-state index >= 15 is 0 Å². The molecule has 3 rings (SSSR count). The van der Waals surface area contributed by atoms with Crippen LogP contribution >= 0.6 is 11.8 Å². The van der Waals surface area contributed by atoms with Crippen molar-refractivity contribution in [3.8, 4) is 5.75 Å². The van der Waals surface area contributed by atoms with Gasteiger partial charge in [-0.05, 0) is 48.7 Å². The molecule has 0 aliphatic heterocycles.